The Balaban J connectivity index is 2.09. The maximum absolute atomic E-state index is 12.2. The third-order valence-corrected chi connectivity index (χ3v) is 5.13. The lowest BCUT2D eigenvalue weighted by molar-refractivity contribution is 0.341. The van der Waals surface area contributed by atoms with Crippen LogP contribution in [0.4, 0.5) is 5.69 Å². The largest absolute Gasteiger partial charge is 0.369 e. The number of anilines is 1. The highest BCUT2D eigenvalue weighted by atomic mass is 79.9. The Kier molecular flexibility index (Phi) is 5.81. The number of hydrogen-bond acceptors (Lipinski definition) is 4. The van der Waals surface area contributed by atoms with Crippen LogP contribution in [-0.2, 0) is 6.54 Å². The number of aryl methyl sites for hydroxylation is 1. The Bertz CT molecular complexity index is 523. The van der Waals surface area contributed by atoms with E-state index in [1.54, 1.807) is 6.20 Å². The first-order valence-corrected chi connectivity index (χ1v) is 8.59. The third kappa shape index (κ3) is 3.66. The second-order valence-corrected chi connectivity index (χ2v) is 6.43. The van der Waals surface area contributed by atoms with Gasteiger partial charge in [0.05, 0.1) is 11.9 Å². The summed E-state index contributed by atoms with van der Waals surface area (Å²) in [6, 6.07) is 1.13. The normalized spacial score (nSPS) is 22.3. The molecule has 1 aliphatic carbocycles. The molecule has 1 aromatic rings. The third-order valence-electron chi connectivity index (χ3n) is 4.38. The molecule has 1 saturated carbocycles. The SMILES string of the molecule is CCNC1CCC(N(C)c2cnn(CC)c(=O)c2Br)CC1. The van der Waals surface area contributed by atoms with Crippen molar-refractivity contribution >= 4 is 21.6 Å². The van der Waals surface area contributed by atoms with E-state index >= 15 is 0 Å². The summed E-state index contributed by atoms with van der Waals surface area (Å²) in [5.74, 6) is 0. The van der Waals surface area contributed by atoms with Gasteiger partial charge in [-0.2, -0.15) is 5.10 Å². The van der Waals surface area contributed by atoms with E-state index in [4.69, 9.17) is 0 Å². The molecule has 0 bridgehead atoms. The van der Waals surface area contributed by atoms with Crippen molar-refractivity contribution in [3.05, 3.63) is 21.0 Å². The van der Waals surface area contributed by atoms with Crippen molar-refractivity contribution in [2.45, 2.75) is 58.2 Å². The minimum atomic E-state index is -0.0526. The van der Waals surface area contributed by atoms with Gasteiger partial charge in [-0.25, -0.2) is 4.68 Å². The van der Waals surface area contributed by atoms with Crippen molar-refractivity contribution in [2.75, 3.05) is 18.5 Å². The van der Waals surface area contributed by atoms with Gasteiger partial charge in [0, 0.05) is 25.7 Å². The molecule has 0 aliphatic heterocycles. The molecule has 0 radical (unpaired) electrons. The van der Waals surface area contributed by atoms with Crippen LogP contribution in [0.15, 0.2) is 15.5 Å². The predicted octanol–water partition coefficient (Wildman–Crippen LogP) is 2.38. The van der Waals surface area contributed by atoms with Crippen LogP contribution in [-0.4, -0.2) is 35.5 Å². The van der Waals surface area contributed by atoms with E-state index in [1.165, 1.54) is 17.5 Å². The van der Waals surface area contributed by atoms with E-state index in [9.17, 15) is 4.79 Å². The zero-order chi connectivity index (χ0) is 15.4. The summed E-state index contributed by atoms with van der Waals surface area (Å²) in [6.45, 7) is 5.71. The molecular formula is C15H25BrN4O. The molecule has 0 amide bonds. The van der Waals surface area contributed by atoms with Gasteiger partial charge in [-0.3, -0.25) is 4.79 Å². The topological polar surface area (TPSA) is 50.2 Å². The van der Waals surface area contributed by atoms with Gasteiger partial charge in [0.2, 0.25) is 0 Å². The molecule has 5 nitrogen and oxygen atoms in total. The maximum atomic E-state index is 12.2. The molecule has 6 heteroatoms. The Labute approximate surface area is 134 Å². The standard InChI is InChI=1S/C15H25BrN4O/c1-4-17-11-6-8-12(9-7-11)19(3)13-10-18-20(5-2)15(21)14(13)16/h10-12,17H,4-9H2,1-3H3. The number of aromatic nitrogens is 2. The highest BCUT2D eigenvalue weighted by molar-refractivity contribution is 9.10. The van der Waals surface area contributed by atoms with E-state index in [0.29, 0.717) is 23.1 Å². The molecule has 1 aromatic heterocycles. The summed E-state index contributed by atoms with van der Waals surface area (Å²) >= 11 is 3.45. The van der Waals surface area contributed by atoms with Gasteiger partial charge in [-0.15, -0.1) is 0 Å². The van der Waals surface area contributed by atoms with Gasteiger partial charge in [-0.05, 0) is 55.1 Å². The fourth-order valence-electron chi connectivity index (χ4n) is 3.08. The quantitative estimate of drug-likeness (QED) is 0.879. The number of nitrogens with zero attached hydrogens (tertiary/aromatic N) is 3. The molecule has 0 unspecified atom stereocenters. The van der Waals surface area contributed by atoms with Crippen molar-refractivity contribution in [3.8, 4) is 0 Å². The molecule has 118 valence electrons. The summed E-state index contributed by atoms with van der Waals surface area (Å²) < 4.78 is 2.10. The van der Waals surface area contributed by atoms with Crippen LogP contribution in [0.1, 0.15) is 39.5 Å². The van der Waals surface area contributed by atoms with Crippen LogP contribution in [0.3, 0.4) is 0 Å². The summed E-state index contributed by atoms with van der Waals surface area (Å²) in [5, 5.41) is 7.76. The zero-order valence-electron chi connectivity index (χ0n) is 13.1. The van der Waals surface area contributed by atoms with Crippen molar-refractivity contribution < 1.29 is 0 Å². The van der Waals surface area contributed by atoms with Crippen molar-refractivity contribution in [1.82, 2.24) is 15.1 Å². The molecule has 1 aliphatic rings. The van der Waals surface area contributed by atoms with Crippen LogP contribution >= 0.6 is 15.9 Å². The van der Waals surface area contributed by atoms with Gasteiger partial charge in [0.15, 0.2) is 0 Å². The number of halogens is 1. The van der Waals surface area contributed by atoms with E-state index in [-0.39, 0.29) is 5.56 Å². The van der Waals surface area contributed by atoms with E-state index in [2.05, 4.69) is 45.2 Å². The van der Waals surface area contributed by atoms with Crippen LogP contribution in [0.25, 0.3) is 0 Å². The summed E-state index contributed by atoms with van der Waals surface area (Å²) in [6.07, 6.45) is 6.49. The highest BCUT2D eigenvalue weighted by Crippen LogP contribution is 2.29. The summed E-state index contributed by atoms with van der Waals surface area (Å²) in [7, 11) is 2.07. The minimum Gasteiger partial charge on any atom is -0.369 e. The molecule has 0 atom stereocenters. The molecule has 1 N–H and O–H groups in total. The Morgan fingerprint density at radius 3 is 2.62 bits per heavy atom. The molecule has 1 fully saturated rings. The van der Waals surface area contributed by atoms with Gasteiger partial charge in [0.1, 0.15) is 4.47 Å². The van der Waals surface area contributed by atoms with Crippen molar-refractivity contribution in [2.24, 2.45) is 0 Å². The lowest BCUT2D eigenvalue weighted by atomic mass is 9.90. The van der Waals surface area contributed by atoms with Crippen LogP contribution < -0.4 is 15.8 Å². The van der Waals surface area contributed by atoms with Crippen molar-refractivity contribution in [3.63, 3.8) is 0 Å². The molecule has 0 saturated heterocycles. The van der Waals surface area contributed by atoms with Gasteiger partial charge < -0.3 is 10.2 Å². The first-order valence-electron chi connectivity index (χ1n) is 7.80. The Morgan fingerprint density at radius 1 is 1.38 bits per heavy atom. The van der Waals surface area contributed by atoms with Crippen LogP contribution in [0.2, 0.25) is 0 Å². The van der Waals surface area contributed by atoms with Gasteiger partial charge >= 0.3 is 0 Å². The average molecular weight is 357 g/mol. The van der Waals surface area contributed by atoms with Crippen LogP contribution in [0, 0.1) is 0 Å². The minimum absolute atomic E-state index is 0.0526. The van der Waals surface area contributed by atoms with Gasteiger partial charge in [0.25, 0.3) is 5.56 Å². The fourth-order valence-corrected chi connectivity index (χ4v) is 3.67. The highest BCUT2D eigenvalue weighted by Gasteiger charge is 2.25. The molecule has 0 aromatic carbocycles. The number of hydrogen-bond donors (Lipinski definition) is 1. The molecule has 1 heterocycles. The average Bonchev–Trinajstić information content (AvgIpc) is 2.50. The van der Waals surface area contributed by atoms with Crippen molar-refractivity contribution in [1.29, 1.82) is 0 Å². The number of rotatable bonds is 5. The monoisotopic (exact) mass is 356 g/mol. The predicted molar refractivity (Wildman–Crippen MR) is 90.0 cm³/mol. The Hall–Kier alpha value is -0.880. The van der Waals surface area contributed by atoms with E-state index < -0.39 is 0 Å². The summed E-state index contributed by atoms with van der Waals surface area (Å²) in [4.78, 5) is 14.4. The molecule has 2 rings (SSSR count). The van der Waals surface area contributed by atoms with Gasteiger partial charge in [-0.1, -0.05) is 6.92 Å². The second-order valence-electron chi connectivity index (χ2n) is 5.64. The molecule has 0 spiro atoms. The maximum Gasteiger partial charge on any atom is 0.283 e. The summed E-state index contributed by atoms with van der Waals surface area (Å²) in [5.41, 5.74) is 0.847. The lowest BCUT2D eigenvalue weighted by Crippen LogP contribution is -2.41. The smallest absolute Gasteiger partial charge is 0.283 e. The fraction of sp³-hybridized carbons (Fsp3) is 0.733. The first kappa shape index (κ1) is 16.5. The zero-order valence-corrected chi connectivity index (χ0v) is 14.7. The second kappa shape index (κ2) is 7.40. The van der Waals surface area contributed by atoms with E-state index in [1.807, 2.05) is 6.92 Å². The lowest BCUT2D eigenvalue weighted by Gasteiger charge is -2.36. The molecule has 21 heavy (non-hydrogen) atoms. The van der Waals surface area contributed by atoms with E-state index in [0.717, 1.165) is 25.1 Å². The van der Waals surface area contributed by atoms with Crippen LogP contribution in [0.5, 0.6) is 0 Å². The number of nitrogens with one attached hydrogen (secondary N) is 1. The first-order chi connectivity index (χ1) is 10.1. The molecular weight excluding hydrogens is 332 g/mol. The Morgan fingerprint density at radius 2 is 2.05 bits per heavy atom.